The number of aryl methyl sites for hydroxylation is 3. The van der Waals surface area contributed by atoms with Crippen molar-refractivity contribution in [2.45, 2.75) is 20.0 Å². The van der Waals surface area contributed by atoms with Crippen LogP contribution in [0.3, 0.4) is 0 Å². The largest absolute Gasteiger partial charge is 0.384 e. The second kappa shape index (κ2) is 6.24. The first-order chi connectivity index (χ1) is 14.3. The summed E-state index contributed by atoms with van der Waals surface area (Å²) in [6.45, 7) is 4.04. The first-order valence-electron chi connectivity index (χ1n) is 9.80. The summed E-state index contributed by atoms with van der Waals surface area (Å²) in [6.07, 6.45) is -0.897. The Balaban J connectivity index is 2.06. The van der Waals surface area contributed by atoms with Crippen LogP contribution in [0.5, 0.6) is 0 Å². The highest BCUT2D eigenvalue weighted by Crippen LogP contribution is 2.48. The average Bonchev–Trinajstić information content (AvgIpc) is 3.03. The van der Waals surface area contributed by atoms with E-state index in [1.807, 2.05) is 56.3 Å². The number of fused-ring (bicyclic) bond motifs is 4. The lowest BCUT2D eigenvalue weighted by atomic mass is 9.92. The molecular formula is C24H21N3O3. The molecule has 1 aliphatic rings. The average molecular weight is 399 g/mol. The van der Waals surface area contributed by atoms with Crippen molar-refractivity contribution in [3.63, 3.8) is 0 Å². The number of rotatable bonds is 1. The van der Waals surface area contributed by atoms with Gasteiger partial charge in [-0.15, -0.1) is 0 Å². The van der Waals surface area contributed by atoms with Gasteiger partial charge in [0, 0.05) is 30.8 Å². The maximum Gasteiger partial charge on any atom is 0.332 e. The molecule has 0 bridgehead atoms. The van der Waals surface area contributed by atoms with E-state index < -0.39 is 17.4 Å². The Morgan fingerprint density at radius 3 is 2.43 bits per heavy atom. The van der Waals surface area contributed by atoms with E-state index in [-0.39, 0.29) is 0 Å². The quantitative estimate of drug-likeness (QED) is 0.534. The first-order valence-corrected chi connectivity index (χ1v) is 9.80. The first kappa shape index (κ1) is 18.5. The number of pyridine rings is 1. The van der Waals surface area contributed by atoms with E-state index in [9.17, 15) is 14.7 Å². The highest BCUT2D eigenvalue weighted by Gasteiger charge is 2.34. The van der Waals surface area contributed by atoms with Crippen molar-refractivity contribution in [2.75, 3.05) is 0 Å². The van der Waals surface area contributed by atoms with Gasteiger partial charge in [-0.05, 0) is 36.1 Å². The zero-order chi connectivity index (χ0) is 21.3. The summed E-state index contributed by atoms with van der Waals surface area (Å²) >= 11 is 0. The molecule has 150 valence electrons. The van der Waals surface area contributed by atoms with Crippen LogP contribution in [0.15, 0.2) is 52.1 Å². The van der Waals surface area contributed by atoms with E-state index in [0.29, 0.717) is 27.9 Å². The Morgan fingerprint density at radius 2 is 1.70 bits per heavy atom. The minimum atomic E-state index is -0.897. The second-order valence-corrected chi connectivity index (χ2v) is 7.94. The van der Waals surface area contributed by atoms with Crippen molar-refractivity contribution in [3.05, 3.63) is 85.6 Å². The number of benzene rings is 2. The molecule has 5 rings (SSSR count). The normalized spacial score (nSPS) is 14.8. The summed E-state index contributed by atoms with van der Waals surface area (Å²) in [5.74, 6) is 0. The van der Waals surface area contributed by atoms with Crippen molar-refractivity contribution in [2.24, 2.45) is 14.1 Å². The van der Waals surface area contributed by atoms with Gasteiger partial charge in [0.1, 0.15) is 6.10 Å². The van der Waals surface area contributed by atoms with Crippen LogP contribution in [0.1, 0.15) is 28.4 Å². The van der Waals surface area contributed by atoms with Gasteiger partial charge < -0.3 is 5.11 Å². The third kappa shape index (κ3) is 2.31. The predicted molar refractivity (Wildman–Crippen MR) is 117 cm³/mol. The topological polar surface area (TPSA) is 77.1 Å². The van der Waals surface area contributed by atoms with Crippen molar-refractivity contribution in [1.29, 1.82) is 0 Å². The molecule has 0 radical (unpaired) electrons. The molecule has 0 amide bonds. The van der Waals surface area contributed by atoms with Gasteiger partial charge in [-0.2, -0.15) is 0 Å². The molecule has 1 aliphatic carbocycles. The Labute approximate surface area is 172 Å². The Hall–Kier alpha value is -3.51. The molecule has 4 aromatic rings. The van der Waals surface area contributed by atoms with E-state index in [4.69, 9.17) is 4.98 Å². The molecule has 2 aromatic carbocycles. The number of aromatic nitrogens is 3. The zero-order valence-corrected chi connectivity index (χ0v) is 17.2. The lowest BCUT2D eigenvalue weighted by Crippen LogP contribution is -2.37. The predicted octanol–water partition coefficient (Wildman–Crippen LogP) is 2.98. The maximum atomic E-state index is 13.3. The van der Waals surface area contributed by atoms with Gasteiger partial charge in [-0.3, -0.25) is 13.9 Å². The third-order valence-corrected chi connectivity index (χ3v) is 6.21. The fourth-order valence-corrected chi connectivity index (χ4v) is 4.38. The number of aliphatic hydroxyl groups excluding tert-OH is 1. The molecule has 0 unspecified atom stereocenters. The number of hydrogen-bond acceptors (Lipinski definition) is 4. The van der Waals surface area contributed by atoms with Crippen molar-refractivity contribution in [1.82, 2.24) is 14.1 Å². The molecule has 0 aliphatic heterocycles. The zero-order valence-electron chi connectivity index (χ0n) is 17.2. The summed E-state index contributed by atoms with van der Waals surface area (Å²) in [5.41, 5.74) is 5.95. The van der Waals surface area contributed by atoms with Gasteiger partial charge in [-0.1, -0.05) is 42.5 Å². The fraction of sp³-hybridized carbons (Fsp3) is 0.208. The Bertz CT molecular complexity index is 1490. The van der Waals surface area contributed by atoms with Gasteiger partial charge in [0.2, 0.25) is 0 Å². The Morgan fingerprint density at radius 1 is 0.967 bits per heavy atom. The van der Waals surface area contributed by atoms with Gasteiger partial charge >= 0.3 is 5.69 Å². The van der Waals surface area contributed by atoms with Crippen LogP contribution in [-0.2, 0) is 14.1 Å². The molecule has 1 atom stereocenters. The van der Waals surface area contributed by atoms with Crippen molar-refractivity contribution < 1.29 is 5.11 Å². The van der Waals surface area contributed by atoms with Crippen molar-refractivity contribution >= 4 is 11.0 Å². The van der Waals surface area contributed by atoms with E-state index in [1.54, 1.807) is 7.05 Å². The molecule has 30 heavy (non-hydrogen) atoms. The van der Waals surface area contributed by atoms with Crippen LogP contribution in [0.25, 0.3) is 33.4 Å². The van der Waals surface area contributed by atoms with Crippen LogP contribution < -0.4 is 11.2 Å². The molecule has 0 saturated heterocycles. The molecule has 6 nitrogen and oxygen atoms in total. The standard InChI is InChI=1S/C24H21N3O3/c1-12-9-10-14(11-13(12)2)17-18-20(15-7-5-6-8-16(15)21(18)28)25-22-19(17)23(29)27(4)24(30)26(22)3/h5-11,21,28H,1-4H3/t21-/m0/s1. The molecular weight excluding hydrogens is 378 g/mol. The summed E-state index contributed by atoms with van der Waals surface area (Å²) < 4.78 is 2.49. The lowest BCUT2D eigenvalue weighted by molar-refractivity contribution is 0.225. The van der Waals surface area contributed by atoms with E-state index in [2.05, 4.69) is 0 Å². The fourth-order valence-electron chi connectivity index (χ4n) is 4.38. The SMILES string of the molecule is Cc1ccc(-c2c3c(nc4c2c(=O)n(C)c(=O)n4C)-c2ccccc2[C@@H]3O)cc1C. The van der Waals surface area contributed by atoms with Gasteiger partial charge in [-0.25, -0.2) is 9.78 Å². The van der Waals surface area contributed by atoms with Crippen molar-refractivity contribution in [3.8, 4) is 22.4 Å². The van der Waals surface area contributed by atoms with Crippen LogP contribution in [-0.4, -0.2) is 19.2 Å². The number of aliphatic hydroxyl groups is 1. The Kier molecular flexibility index (Phi) is 3.85. The van der Waals surface area contributed by atoms with E-state index in [0.717, 1.165) is 32.4 Å². The van der Waals surface area contributed by atoms with Gasteiger partial charge in [0.05, 0.1) is 11.1 Å². The third-order valence-electron chi connectivity index (χ3n) is 6.21. The minimum absolute atomic E-state index is 0.319. The lowest BCUT2D eigenvalue weighted by Gasteiger charge is -2.17. The molecule has 0 fully saturated rings. The highest BCUT2D eigenvalue weighted by molar-refractivity contribution is 5.99. The summed E-state index contributed by atoms with van der Waals surface area (Å²) in [5, 5.41) is 11.6. The van der Waals surface area contributed by atoms with E-state index in [1.165, 1.54) is 11.6 Å². The van der Waals surface area contributed by atoms with Crippen LogP contribution >= 0.6 is 0 Å². The molecule has 2 aromatic heterocycles. The number of hydrogen-bond donors (Lipinski definition) is 1. The molecule has 0 spiro atoms. The monoisotopic (exact) mass is 399 g/mol. The molecule has 1 N–H and O–H groups in total. The van der Waals surface area contributed by atoms with E-state index >= 15 is 0 Å². The highest BCUT2D eigenvalue weighted by atomic mass is 16.3. The second-order valence-electron chi connectivity index (χ2n) is 7.94. The van der Waals surface area contributed by atoms with Gasteiger partial charge in [0.25, 0.3) is 5.56 Å². The van der Waals surface area contributed by atoms with Gasteiger partial charge in [0.15, 0.2) is 5.65 Å². The van der Waals surface area contributed by atoms with Crippen LogP contribution in [0, 0.1) is 13.8 Å². The number of nitrogens with zero attached hydrogens (tertiary/aromatic N) is 3. The summed E-state index contributed by atoms with van der Waals surface area (Å²) in [6, 6.07) is 13.5. The maximum absolute atomic E-state index is 13.3. The minimum Gasteiger partial charge on any atom is -0.384 e. The smallest absolute Gasteiger partial charge is 0.332 e. The molecule has 0 saturated carbocycles. The molecule has 6 heteroatoms. The molecule has 2 heterocycles. The summed E-state index contributed by atoms with van der Waals surface area (Å²) in [4.78, 5) is 30.6. The summed E-state index contributed by atoms with van der Waals surface area (Å²) in [7, 11) is 3.08. The van der Waals surface area contributed by atoms with Crippen LogP contribution in [0.4, 0.5) is 0 Å². The van der Waals surface area contributed by atoms with Crippen LogP contribution in [0.2, 0.25) is 0 Å².